The first-order chi connectivity index (χ1) is 4.97. The van der Waals surface area contributed by atoms with Crippen molar-refractivity contribution in [3.8, 4) is 0 Å². The Labute approximate surface area is 59.0 Å². The summed E-state index contributed by atoms with van der Waals surface area (Å²) < 4.78 is 5.20. The van der Waals surface area contributed by atoms with Gasteiger partial charge >= 0.3 is 0 Å². The summed E-state index contributed by atoms with van der Waals surface area (Å²) in [7, 11) is 0. The van der Waals surface area contributed by atoms with Gasteiger partial charge in [0.15, 0.2) is 0 Å². The van der Waals surface area contributed by atoms with Gasteiger partial charge in [-0.25, -0.2) is 0 Å². The third-order valence-corrected chi connectivity index (χ3v) is 1.55. The molecular formula is C7H7N2O. The van der Waals surface area contributed by atoms with E-state index in [4.69, 9.17) is 4.74 Å². The van der Waals surface area contributed by atoms with Crippen molar-refractivity contribution >= 4 is 0 Å². The predicted molar refractivity (Wildman–Crippen MR) is 34.2 cm³/mol. The molecule has 3 heteroatoms. The molecule has 0 amide bonds. The van der Waals surface area contributed by atoms with Crippen molar-refractivity contribution in [2.24, 2.45) is 0 Å². The van der Waals surface area contributed by atoms with Gasteiger partial charge in [-0.15, -0.1) is 0 Å². The van der Waals surface area contributed by atoms with Gasteiger partial charge in [0.2, 0.25) is 0 Å². The van der Waals surface area contributed by atoms with E-state index in [1.54, 1.807) is 6.20 Å². The minimum Gasteiger partial charge on any atom is -0.376 e. The van der Waals surface area contributed by atoms with Crippen molar-refractivity contribution in [1.82, 2.24) is 10.2 Å². The molecule has 1 aromatic heterocycles. The third-order valence-electron chi connectivity index (χ3n) is 1.55. The van der Waals surface area contributed by atoms with Crippen LogP contribution in [0.1, 0.15) is 11.3 Å². The highest BCUT2D eigenvalue weighted by Crippen LogP contribution is 2.10. The highest BCUT2D eigenvalue weighted by atomic mass is 16.5. The summed E-state index contributed by atoms with van der Waals surface area (Å²) in [6.07, 6.45) is 2.45. The smallest absolute Gasteiger partial charge is 0.0742 e. The molecule has 2 heterocycles. The van der Waals surface area contributed by atoms with Crippen molar-refractivity contribution < 1.29 is 4.74 Å². The highest BCUT2D eigenvalue weighted by molar-refractivity contribution is 5.16. The molecule has 0 atom stereocenters. The zero-order chi connectivity index (χ0) is 6.81. The van der Waals surface area contributed by atoms with Crippen LogP contribution in [0, 0.1) is 6.07 Å². The summed E-state index contributed by atoms with van der Waals surface area (Å²) in [4.78, 5) is 0. The lowest BCUT2D eigenvalue weighted by atomic mass is 10.1. The molecule has 10 heavy (non-hydrogen) atoms. The van der Waals surface area contributed by atoms with E-state index in [1.165, 1.54) is 0 Å². The average molecular weight is 135 g/mol. The van der Waals surface area contributed by atoms with E-state index in [9.17, 15) is 0 Å². The van der Waals surface area contributed by atoms with Gasteiger partial charge in [0.25, 0.3) is 0 Å². The third kappa shape index (κ3) is 0.885. The second kappa shape index (κ2) is 2.34. The van der Waals surface area contributed by atoms with Crippen LogP contribution < -0.4 is 0 Å². The van der Waals surface area contributed by atoms with Crippen molar-refractivity contribution in [2.75, 3.05) is 6.61 Å². The molecule has 0 spiro atoms. The van der Waals surface area contributed by atoms with Gasteiger partial charge in [0.05, 0.1) is 25.1 Å². The summed E-state index contributed by atoms with van der Waals surface area (Å²) in [5.41, 5.74) is 2.09. The van der Waals surface area contributed by atoms with E-state index < -0.39 is 0 Å². The molecule has 0 fully saturated rings. The minimum atomic E-state index is 0.644. The molecule has 1 aliphatic heterocycles. The van der Waals surface area contributed by atoms with Crippen molar-refractivity contribution in [1.29, 1.82) is 0 Å². The highest BCUT2D eigenvalue weighted by Gasteiger charge is 2.09. The number of nitrogens with zero attached hydrogens (tertiary/aromatic N) is 2. The van der Waals surface area contributed by atoms with E-state index in [0.717, 1.165) is 24.3 Å². The normalized spacial score (nSPS) is 16.4. The SMILES string of the molecule is [c]1cnnc2c1COCC2. The first-order valence-corrected chi connectivity index (χ1v) is 3.25. The van der Waals surface area contributed by atoms with E-state index in [1.807, 2.05) is 0 Å². The van der Waals surface area contributed by atoms with Crippen LogP contribution in [-0.4, -0.2) is 16.8 Å². The summed E-state index contributed by atoms with van der Waals surface area (Å²) in [5, 5.41) is 7.69. The van der Waals surface area contributed by atoms with Gasteiger partial charge in [-0.1, -0.05) is 0 Å². The number of hydrogen-bond donors (Lipinski definition) is 0. The molecule has 1 radical (unpaired) electrons. The maximum atomic E-state index is 5.20. The Morgan fingerprint density at radius 1 is 1.60 bits per heavy atom. The zero-order valence-electron chi connectivity index (χ0n) is 5.50. The fourth-order valence-electron chi connectivity index (χ4n) is 1.02. The maximum Gasteiger partial charge on any atom is 0.0742 e. The zero-order valence-corrected chi connectivity index (χ0v) is 5.50. The molecule has 3 nitrogen and oxygen atoms in total. The molecule has 0 saturated heterocycles. The summed E-state index contributed by atoms with van der Waals surface area (Å²) in [6.45, 7) is 1.41. The Balaban J connectivity index is 2.41. The van der Waals surface area contributed by atoms with E-state index in [0.29, 0.717) is 6.61 Å². The van der Waals surface area contributed by atoms with Crippen LogP contribution in [0.4, 0.5) is 0 Å². The number of rotatable bonds is 0. The Kier molecular flexibility index (Phi) is 1.36. The molecule has 0 saturated carbocycles. The molecule has 0 aromatic carbocycles. The van der Waals surface area contributed by atoms with Gasteiger partial charge in [-0.3, -0.25) is 0 Å². The lowest BCUT2D eigenvalue weighted by Gasteiger charge is -2.12. The van der Waals surface area contributed by atoms with Crippen molar-refractivity contribution in [3.05, 3.63) is 23.5 Å². The van der Waals surface area contributed by atoms with Crippen molar-refractivity contribution in [3.63, 3.8) is 0 Å². The Bertz CT molecular complexity index is 212. The van der Waals surface area contributed by atoms with Crippen LogP contribution >= 0.6 is 0 Å². The largest absolute Gasteiger partial charge is 0.376 e. The van der Waals surface area contributed by atoms with Crippen LogP contribution in [0.3, 0.4) is 0 Å². The second-order valence-electron chi connectivity index (χ2n) is 2.22. The minimum absolute atomic E-state index is 0.644. The molecule has 1 aromatic rings. The van der Waals surface area contributed by atoms with Gasteiger partial charge in [-0.05, 0) is 0 Å². The van der Waals surface area contributed by atoms with Gasteiger partial charge in [0.1, 0.15) is 0 Å². The Morgan fingerprint density at radius 2 is 2.60 bits per heavy atom. The van der Waals surface area contributed by atoms with Gasteiger partial charge in [0, 0.05) is 18.1 Å². The summed E-state index contributed by atoms with van der Waals surface area (Å²) >= 11 is 0. The molecule has 0 aliphatic carbocycles. The van der Waals surface area contributed by atoms with E-state index in [2.05, 4.69) is 16.3 Å². The van der Waals surface area contributed by atoms with Crippen molar-refractivity contribution in [2.45, 2.75) is 13.0 Å². The fourth-order valence-corrected chi connectivity index (χ4v) is 1.02. The van der Waals surface area contributed by atoms with E-state index in [-0.39, 0.29) is 0 Å². The molecule has 2 rings (SSSR count). The van der Waals surface area contributed by atoms with Crippen LogP contribution in [0.5, 0.6) is 0 Å². The standard InChI is InChI=1S/C7H7N2O/c1-3-8-9-7-2-4-10-5-6(1)7/h3H,2,4-5H2. The maximum absolute atomic E-state index is 5.20. The molecular weight excluding hydrogens is 128 g/mol. The van der Waals surface area contributed by atoms with Crippen LogP contribution in [-0.2, 0) is 17.8 Å². The molecule has 1 aliphatic rings. The van der Waals surface area contributed by atoms with Crippen LogP contribution in [0.25, 0.3) is 0 Å². The predicted octanol–water partition coefficient (Wildman–Crippen LogP) is 0.349. The quantitative estimate of drug-likeness (QED) is 0.515. The molecule has 51 valence electrons. The van der Waals surface area contributed by atoms with Crippen LogP contribution in [0.2, 0.25) is 0 Å². The molecule has 0 unspecified atom stereocenters. The lowest BCUT2D eigenvalue weighted by Crippen LogP contribution is -2.12. The number of hydrogen-bond acceptors (Lipinski definition) is 3. The van der Waals surface area contributed by atoms with Gasteiger partial charge in [-0.2, -0.15) is 10.2 Å². The second-order valence-corrected chi connectivity index (χ2v) is 2.22. The fraction of sp³-hybridized carbons (Fsp3) is 0.429. The number of fused-ring (bicyclic) bond motifs is 1. The Hall–Kier alpha value is -0.960. The molecule has 0 N–H and O–H groups in total. The lowest BCUT2D eigenvalue weighted by molar-refractivity contribution is 0.108. The average Bonchev–Trinajstić information content (AvgIpc) is 2.05. The first kappa shape index (κ1) is 5.80. The van der Waals surface area contributed by atoms with Gasteiger partial charge < -0.3 is 4.74 Å². The topological polar surface area (TPSA) is 35.0 Å². The van der Waals surface area contributed by atoms with Crippen LogP contribution in [0.15, 0.2) is 6.20 Å². The Morgan fingerprint density at radius 3 is 3.50 bits per heavy atom. The number of ether oxygens (including phenoxy) is 1. The number of aromatic nitrogens is 2. The summed E-state index contributed by atoms with van der Waals surface area (Å²) in [5.74, 6) is 0. The first-order valence-electron chi connectivity index (χ1n) is 3.25. The summed E-state index contributed by atoms with van der Waals surface area (Å²) in [6, 6.07) is 2.99. The molecule has 0 bridgehead atoms. The monoisotopic (exact) mass is 135 g/mol. The van der Waals surface area contributed by atoms with E-state index >= 15 is 0 Å².